The second kappa shape index (κ2) is 3.94. The minimum atomic E-state index is -0.850. The number of para-hydroxylation sites is 1. The topological polar surface area (TPSA) is 32.7 Å². The summed E-state index contributed by atoms with van der Waals surface area (Å²) in [5.41, 5.74) is -0.396. The minimum Gasteiger partial charge on any atom is -0.489 e. The van der Waals surface area contributed by atoms with Crippen molar-refractivity contribution in [1.82, 2.24) is 0 Å². The van der Waals surface area contributed by atoms with Crippen LogP contribution >= 0.6 is 0 Å². The van der Waals surface area contributed by atoms with E-state index in [0.29, 0.717) is 31.1 Å². The van der Waals surface area contributed by atoms with E-state index in [1.54, 1.807) is 26.0 Å². The van der Waals surface area contributed by atoms with Crippen LogP contribution in [0.15, 0.2) is 18.2 Å². The Balaban J connectivity index is 2.32. The number of fused-ring (bicyclic) bond motifs is 1. The normalized spacial score (nSPS) is 15.6. The third-order valence-electron chi connectivity index (χ3n) is 2.46. The molecule has 0 aliphatic carbocycles. The lowest BCUT2D eigenvalue weighted by Crippen LogP contribution is -2.43. The molecule has 1 aliphatic rings. The molecule has 0 bridgehead atoms. The molecule has 2 rings (SSSR count). The van der Waals surface area contributed by atoms with Crippen LogP contribution in [0, 0.1) is 5.82 Å². The van der Waals surface area contributed by atoms with E-state index < -0.39 is 5.60 Å². The molecule has 0 unspecified atom stereocenters. The highest BCUT2D eigenvalue weighted by Gasteiger charge is 2.26. The Labute approximate surface area is 94.4 Å². The number of hydrogen-bond acceptors (Lipinski definition) is 3. The smallest absolute Gasteiger partial charge is 0.150 e. The summed E-state index contributed by atoms with van der Waals surface area (Å²) < 4.78 is 19.1. The highest BCUT2D eigenvalue weighted by atomic mass is 19.1. The summed E-state index contributed by atoms with van der Waals surface area (Å²) in [5.74, 6) is 0.247. The summed E-state index contributed by atoms with van der Waals surface area (Å²) in [6.45, 7) is 4.93. The molecule has 3 nitrogen and oxygen atoms in total. The van der Waals surface area contributed by atoms with Crippen molar-refractivity contribution in [3.63, 3.8) is 0 Å². The molecule has 0 radical (unpaired) electrons. The molecule has 1 aromatic carbocycles. The van der Waals surface area contributed by atoms with Gasteiger partial charge in [-0.3, -0.25) is 0 Å². The minimum absolute atomic E-state index is 0.304. The summed E-state index contributed by atoms with van der Waals surface area (Å²) in [6, 6.07) is 4.78. The predicted molar refractivity (Wildman–Crippen MR) is 60.4 cm³/mol. The van der Waals surface area contributed by atoms with Crippen LogP contribution in [0.1, 0.15) is 13.8 Å². The Morgan fingerprint density at radius 1 is 1.50 bits per heavy atom. The number of aliphatic hydroxyl groups is 1. The molecule has 0 amide bonds. The van der Waals surface area contributed by atoms with Crippen molar-refractivity contribution in [1.29, 1.82) is 0 Å². The van der Waals surface area contributed by atoms with Gasteiger partial charge in [-0.15, -0.1) is 0 Å². The average Bonchev–Trinajstić information content (AvgIpc) is 2.15. The first-order valence-corrected chi connectivity index (χ1v) is 5.36. The molecule has 1 aliphatic heterocycles. The first-order valence-electron chi connectivity index (χ1n) is 5.36. The Hall–Kier alpha value is -1.29. The quantitative estimate of drug-likeness (QED) is 0.833. The largest absolute Gasteiger partial charge is 0.489 e. The molecule has 1 N–H and O–H groups in total. The lowest BCUT2D eigenvalue weighted by molar-refractivity contribution is 0.0853. The molecule has 0 aromatic heterocycles. The van der Waals surface area contributed by atoms with Gasteiger partial charge in [0.1, 0.15) is 23.9 Å². The number of rotatable bonds is 2. The molecular formula is C12H16FNO2. The first-order chi connectivity index (χ1) is 7.47. The zero-order valence-corrected chi connectivity index (χ0v) is 9.53. The van der Waals surface area contributed by atoms with Gasteiger partial charge in [0, 0.05) is 6.54 Å². The molecule has 88 valence electrons. The van der Waals surface area contributed by atoms with Crippen LogP contribution in [0.2, 0.25) is 0 Å². The van der Waals surface area contributed by atoms with Gasteiger partial charge in [-0.25, -0.2) is 4.39 Å². The van der Waals surface area contributed by atoms with Gasteiger partial charge in [0.2, 0.25) is 0 Å². The fourth-order valence-corrected chi connectivity index (χ4v) is 1.92. The van der Waals surface area contributed by atoms with Gasteiger partial charge in [-0.05, 0) is 26.0 Å². The number of halogens is 1. The second-order valence-corrected chi connectivity index (χ2v) is 4.67. The predicted octanol–water partition coefficient (Wildman–Crippen LogP) is 1.80. The fourth-order valence-electron chi connectivity index (χ4n) is 1.92. The number of nitrogens with zero attached hydrogens (tertiary/aromatic N) is 1. The summed E-state index contributed by atoms with van der Waals surface area (Å²) in [4.78, 5) is 1.83. The molecule has 4 heteroatoms. The van der Waals surface area contributed by atoms with Crippen LogP contribution < -0.4 is 9.64 Å². The van der Waals surface area contributed by atoms with Gasteiger partial charge >= 0.3 is 0 Å². The zero-order valence-electron chi connectivity index (χ0n) is 9.53. The molecule has 0 spiro atoms. The Bertz CT molecular complexity index is 387. The Kier molecular flexibility index (Phi) is 2.76. The molecule has 1 aromatic rings. The number of benzene rings is 1. The zero-order chi connectivity index (χ0) is 11.8. The Morgan fingerprint density at radius 2 is 2.25 bits per heavy atom. The van der Waals surface area contributed by atoms with Crippen LogP contribution in [0.4, 0.5) is 10.1 Å². The van der Waals surface area contributed by atoms with E-state index in [4.69, 9.17) is 4.74 Å². The van der Waals surface area contributed by atoms with Crippen molar-refractivity contribution < 1.29 is 14.2 Å². The SMILES string of the molecule is CC(C)(O)CN1CCOc2cccc(F)c21. The monoisotopic (exact) mass is 225 g/mol. The van der Waals surface area contributed by atoms with Gasteiger partial charge in [0.25, 0.3) is 0 Å². The summed E-state index contributed by atoms with van der Waals surface area (Å²) in [5, 5.41) is 9.78. The number of anilines is 1. The van der Waals surface area contributed by atoms with Crippen molar-refractivity contribution in [3.05, 3.63) is 24.0 Å². The van der Waals surface area contributed by atoms with Crippen molar-refractivity contribution in [2.24, 2.45) is 0 Å². The van der Waals surface area contributed by atoms with E-state index in [2.05, 4.69) is 0 Å². The van der Waals surface area contributed by atoms with E-state index >= 15 is 0 Å². The van der Waals surface area contributed by atoms with E-state index in [-0.39, 0.29) is 5.82 Å². The molecule has 0 atom stereocenters. The molecule has 0 saturated heterocycles. The molecule has 0 saturated carbocycles. The maximum absolute atomic E-state index is 13.7. The summed E-state index contributed by atoms with van der Waals surface area (Å²) >= 11 is 0. The standard InChI is InChI=1S/C12H16FNO2/c1-12(2,15)8-14-6-7-16-10-5-3-4-9(13)11(10)14/h3-5,15H,6-8H2,1-2H3. The lowest BCUT2D eigenvalue weighted by atomic mass is 10.1. The van der Waals surface area contributed by atoms with Gasteiger partial charge in [-0.2, -0.15) is 0 Å². The highest BCUT2D eigenvalue weighted by molar-refractivity contribution is 5.61. The molecule has 16 heavy (non-hydrogen) atoms. The maximum Gasteiger partial charge on any atom is 0.150 e. The van der Waals surface area contributed by atoms with Gasteiger partial charge < -0.3 is 14.7 Å². The third kappa shape index (κ3) is 2.27. The van der Waals surface area contributed by atoms with Crippen LogP contribution in [0.5, 0.6) is 5.75 Å². The van der Waals surface area contributed by atoms with Crippen molar-refractivity contribution in [2.45, 2.75) is 19.4 Å². The fraction of sp³-hybridized carbons (Fsp3) is 0.500. The van der Waals surface area contributed by atoms with Crippen molar-refractivity contribution >= 4 is 5.69 Å². The van der Waals surface area contributed by atoms with Crippen LogP contribution in [-0.2, 0) is 0 Å². The highest BCUT2D eigenvalue weighted by Crippen LogP contribution is 2.34. The number of hydrogen-bond donors (Lipinski definition) is 1. The van der Waals surface area contributed by atoms with E-state index in [1.165, 1.54) is 6.07 Å². The number of ether oxygens (including phenoxy) is 1. The summed E-state index contributed by atoms with van der Waals surface area (Å²) in [7, 11) is 0. The van der Waals surface area contributed by atoms with Crippen LogP contribution in [0.25, 0.3) is 0 Å². The molecule has 1 heterocycles. The third-order valence-corrected chi connectivity index (χ3v) is 2.46. The first kappa shape index (κ1) is 11.2. The van der Waals surface area contributed by atoms with Crippen molar-refractivity contribution in [3.8, 4) is 5.75 Å². The second-order valence-electron chi connectivity index (χ2n) is 4.67. The molecular weight excluding hydrogens is 209 g/mol. The van der Waals surface area contributed by atoms with Crippen LogP contribution in [0.3, 0.4) is 0 Å². The van der Waals surface area contributed by atoms with Crippen molar-refractivity contribution in [2.75, 3.05) is 24.6 Å². The Morgan fingerprint density at radius 3 is 2.94 bits per heavy atom. The van der Waals surface area contributed by atoms with Gasteiger partial charge in [0.05, 0.1) is 12.1 Å². The van der Waals surface area contributed by atoms with E-state index in [1.807, 2.05) is 4.90 Å². The van der Waals surface area contributed by atoms with Crippen LogP contribution in [-0.4, -0.2) is 30.4 Å². The lowest BCUT2D eigenvalue weighted by Gasteiger charge is -2.35. The maximum atomic E-state index is 13.7. The average molecular weight is 225 g/mol. The molecule has 0 fully saturated rings. The number of β-amino-alcohol motifs (C(OH)–C–C–N with tert-alkyl or cyclic N) is 1. The summed E-state index contributed by atoms with van der Waals surface area (Å²) in [6.07, 6.45) is 0. The van der Waals surface area contributed by atoms with Gasteiger partial charge in [-0.1, -0.05) is 6.07 Å². The van der Waals surface area contributed by atoms with Gasteiger partial charge in [0.15, 0.2) is 0 Å². The van der Waals surface area contributed by atoms with E-state index in [0.717, 1.165) is 0 Å². The van der Waals surface area contributed by atoms with E-state index in [9.17, 15) is 9.50 Å².